The molecule has 0 aromatic heterocycles. The molecule has 5 rings (SSSR count). The quantitative estimate of drug-likeness (QED) is 0.471. The zero-order valence-electron chi connectivity index (χ0n) is 22.3. The number of para-hydroxylation sites is 1. The third-order valence-electron chi connectivity index (χ3n) is 7.51. The minimum absolute atomic E-state index is 0.0763. The van der Waals surface area contributed by atoms with Gasteiger partial charge in [-0.3, -0.25) is 14.4 Å². The topological polar surface area (TPSA) is 84.9 Å². The van der Waals surface area contributed by atoms with E-state index in [0.717, 1.165) is 60.3 Å². The number of nitrogens with one attached hydrogen (secondary N) is 1. The van der Waals surface area contributed by atoms with Crippen molar-refractivity contribution in [1.82, 2.24) is 4.90 Å². The van der Waals surface area contributed by atoms with Gasteiger partial charge in [-0.05, 0) is 69.4 Å². The van der Waals surface area contributed by atoms with Gasteiger partial charge in [0.2, 0.25) is 0 Å². The Hall–Kier alpha value is -3.94. The molecule has 204 valence electrons. The lowest BCUT2D eigenvalue weighted by atomic mass is 9.71. The van der Waals surface area contributed by atoms with Crippen LogP contribution in [0.5, 0.6) is 11.5 Å². The van der Waals surface area contributed by atoms with E-state index in [0.29, 0.717) is 30.9 Å². The standard InChI is InChI=1S/C31H33FN2O5/c1-3-34-22-11-7-13-24(35)30(22)29(31-23(34)12-8-14-25(31)36)19-15-16-26(27(17-19)38-4-2)39-18-28(37)33-21-10-6-5-9-20(21)32/h5-6,9-10,15-17,29H,3-4,7-8,11-14,18H2,1-2H3,(H,33,37). The van der Waals surface area contributed by atoms with E-state index in [1.807, 2.05) is 19.1 Å². The second-order valence-corrected chi connectivity index (χ2v) is 9.91. The van der Waals surface area contributed by atoms with E-state index >= 15 is 0 Å². The van der Waals surface area contributed by atoms with Crippen molar-refractivity contribution in [2.24, 2.45) is 0 Å². The Kier molecular flexibility index (Phi) is 7.82. The smallest absolute Gasteiger partial charge is 0.262 e. The molecule has 0 fully saturated rings. The molecule has 1 heterocycles. The van der Waals surface area contributed by atoms with Crippen LogP contribution in [0.4, 0.5) is 10.1 Å². The van der Waals surface area contributed by atoms with Crippen molar-refractivity contribution in [3.63, 3.8) is 0 Å². The van der Waals surface area contributed by atoms with E-state index in [9.17, 15) is 18.8 Å². The highest BCUT2D eigenvalue weighted by Gasteiger charge is 2.43. The van der Waals surface area contributed by atoms with Crippen molar-refractivity contribution in [1.29, 1.82) is 0 Å². The summed E-state index contributed by atoms with van der Waals surface area (Å²) in [5.41, 5.74) is 4.38. The monoisotopic (exact) mass is 532 g/mol. The van der Waals surface area contributed by atoms with Crippen LogP contribution in [0.15, 0.2) is 65.0 Å². The summed E-state index contributed by atoms with van der Waals surface area (Å²) in [7, 11) is 0. The number of Topliss-reactive ketones (excluding diaryl/α,β-unsaturated/α-hetero) is 2. The molecule has 39 heavy (non-hydrogen) atoms. The first kappa shape index (κ1) is 26.7. The average Bonchev–Trinajstić information content (AvgIpc) is 2.93. The molecule has 0 unspecified atom stereocenters. The van der Waals surface area contributed by atoms with Gasteiger partial charge >= 0.3 is 0 Å². The van der Waals surface area contributed by atoms with Crippen molar-refractivity contribution in [3.8, 4) is 11.5 Å². The van der Waals surface area contributed by atoms with E-state index in [2.05, 4.69) is 17.1 Å². The molecule has 7 nitrogen and oxygen atoms in total. The first-order chi connectivity index (χ1) is 18.9. The normalized spacial score (nSPS) is 17.7. The Morgan fingerprint density at radius 3 is 2.21 bits per heavy atom. The Balaban J connectivity index is 1.47. The summed E-state index contributed by atoms with van der Waals surface area (Å²) in [4.78, 5) is 41.3. The van der Waals surface area contributed by atoms with Gasteiger partial charge in [0.05, 0.1) is 12.3 Å². The number of allylic oxidation sites excluding steroid dienone is 4. The molecule has 2 aromatic carbocycles. The summed E-state index contributed by atoms with van der Waals surface area (Å²) in [6.45, 7) is 4.64. The largest absolute Gasteiger partial charge is 0.490 e. The number of amides is 1. The number of halogens is 1. The molecule has 8 heteroatoms. The summed E-state index contributed by atoms with van der Waals surface area (Å²) in [5, 5.41) is 2.51. The van der Waals surface area contributed by atoms with Gasteiger partial charge in [-0.1, -0.05) is 18.2 Å². The fourth-order valence-electron chi connectivity index (χ4n) is 5.92. The fraction of sp³-hybridized carbons (Fsp3) is 0.387. The maximum atomic E-state index is 13.9. The average molecular weight is 533 g/mol. The minimum Gasteiger partial charge on any atom is -0.490 e. The molecule has 0 saturated heterocycles. The van der Waals surface area contributed by atoms with Crippen LogP contribution in [-0.2, 0) is 14.4 Å². The number of nitrogens with zero attached hydrogens (tertiary/aromatic N) is 1. The molecule has 3 aliphatic rings. The van der Waals surface area contributed by atoms with Gasteiger partial charge in [-0.25, -0.2) is 4.39 Å². The highest BCUT2D eigenvalue weighted by Crippen LogP contribution is 2.50. The van der Waals surface area contributed by atoms with E-state index in [1.54, 1.807) is 18.2 Å². The molecule has 1 aliphatic heterocycles. The van der Waals surface area contributed by atoms with Crippen molar-refractivity contribution in [3.05, 3.63) is 76.4 Å². The molecule has 2 aromatic rings. The van der Waals surface area contributed by atoms with Crippen molar-refractivity contribution in [2.45, 2.75) is 58.3 Å². The lowest BCUT2D eigenvalue weighted by Gasteiger charge is -2.43. The second kappa shape index (κ2) is 11.4. The molecule has 0 atom stereocenters. The molecular weight excluding hydrogens is 499 g/mol. The van der Waals surface area contributed by atoms with Crippen molar-refractivity contribution in [2.75, 3.05) is 25.1 Å². The number of hydrogen-bond acceptors (Lipinski definition) is 6. The number of ketones is 2. The highest BCUT2D eigenvalue weighted by molar-refractivity contribution is 6.06. The summed E-state index contributed by atoms with van der Waals surface area (Å²) in [6.07, 6.45) is 4.19. The van der Waals surface area contributed by atoms with E-state index in [1.165, 1.54) is 12.1 Å². The van der Waals surface area contributed by atoms with Gasteiger partial charge in [0, 0.05) is 47.8 Å². The Morgan fingerprint density at radius 2 is 1.59 bits per heavy atom. The zero-order chi connectivity index (χ0) is 27.5. The van der Waals surface area contributed by atoms with E-state index in [4.69, 9.17) is 9.47 Å². The van der Waals surface area contributed by atoms with Gasteiger partial charge in [0.1, 0.15) is 5.82 Å². The Labute approximate surface area is 227 Å². The van der Waals surface area contributed by atoms with Gasteiger partial charge in [-0.2, -0.15) is 0 Å². The maximum Gasteiger partial charge on any atom is 0.262 e. The SMILES string of the molecule is CCOc1cc(C2C3=C(CCCC3=O)N(CC)C3=C2C(=O)CCC3)ccc1OCC(=O)Nc1ccccc1F. The first-order valence-electron chi connectivity index (χ1n) is 13.7. The van der Waals surface area contributed by atoms with Gasteiger partial charge < -0.3 is 19.7 Å². The van der Waals surface area contributed by atoms with Gasteiger partial charge in [0.15, 0.2) is 29.7 Å². The van der Waals surface area contributed by atoms with Crippen LogP contribution in [0.2, 0.25) is 0 Å². The summed E-state index contributed by atoms with van der Waals surface area (Å²) in [5.74, 6) is -0.539. The Bertz CT molecular complexity index is 1330. The minimum atomic E-state index is -0.531. The molecule has 0 bridgehead atoms. The Morgan fingerprint density at radius 1 is 0.923 bits per heavy atom. The van der Waals surface area contributed by atoms with Gasteiger partial charge in [0.25, 0.3) is 5.91 Å². The molecule has 1 N–H and O–H groups in total. The van der Waals surface area contributed by atoms with Crippen LogP contribution in [0.3, 0.4) is 0 Å². The number of benzene rings is 2. The molecule has 0 saturated carbocycles. The number of anilines is 1. The van der Waals surface area contributed by atoms with Crippen LogP contribution in [0.25, 0.3) is 0 Å². The van der Waals surface area contributed by atoms with Crippen LogP contribution in [-0.4, -0.2) is 42.1 Å². The number of carbonyl (C=O) groups is 3. The zero-order valence-corrected chi connectivity index (χ0v) is 22.3. The van der Waals surface area contributed by atoms with Crippen molar-refractivity contribution < 1.29 is 28.2 Å². The van der Waals surface area contributed by atoms with Gasteiger partial charge in [-0.15, -0.1) is 0 Å². The maximum absolute atomic E-state index is 13.9. The lowest BCUT2D eigenvalue weighted by Crippen LogP contribution is -2.39. The summed E-state index contributed by atoms with van der Waals surface area (Å²) >= 11 is 0. The van der Waals surface area contributed by atoms with E-state index < -0.39 is 17.6 Å². The fourth-order valence-corrected chi connectivity index (χ4v) is 5.92. The van der Waals surface area contributed by atoms with Crippen LogP contribution >= 0.6 is 0 Å². The number of ether oxygens (including phenoxy) is 2. The van der Waals surface area contributed by atoms with Crippen LogP contribution in [0.1, 0.15) is 63.9 Å². The van der Waals surface area contributed by atoms with Crippen molar-refractivity contribution >= 4 is 23.2 Å². The highest BCUT2D eigenvalue weighted by atomic mass is 19.1. The molecular formula is C31H33FN2O5. The third kappa shape index (κ3) is 5.20. The summed E-state index contributed by atoms with van der Waals surface area (Å²) < 4.78 is 25.6. The first-order valence-corrected chi connectivity index (χ1v) is 13.7. The number of hydrogen-bond donors (Lipinski definition) is 1. The molecule has 1 amide bonds. The number of carbonyl (C=O) groups excluding carboxylic acids is 3. The van der Waals surface area contributed by atoms with E-state index in [-0.39, 0.29) is 23.9 Å². The van der Waals surface area contributed by atoms with Crippen LogP contribution in [0, 0.1) is 5.82 Å². The molecule has 2 aliphatic carbocycles. The lowest BCUT2D eigenvalue weighted by molar-refractivity contribution is -0.118. The van der Waals surface area contributed by atoms with Crippen LogP contribution < -0.4 is 14.8 Å². The number of rotatable bonds is 8. The predicted octanol–water partition coefficient (Wildman–Crippen LogP) is 5.68. The summed E-state index contributed by atoms with van der Waals surface area (Å²) in [6, 6.07) is 11.3. The molecule has 0 spiro atoms. The second-order valence-electron chi connectivity index (χ2n) is 9.91. The molecule has 0 radical (unpaired) electrons. The third-order valence-corrected chi connectivity index (χ3v) is 7.51. The predicted molar refractivity (Wildman–Crippen MR) is 145 cm³/mol.